The fourth-order valence-corrected chi connectivity index (χ4v) is 13.2. The zero-order valence-corrected chi connectivity index (χ0v) is 54.0. The summed E-state index contributed by atoms with van der Waals surface area (Å²) >= 11 is 0. The summed E-state index contributed by atoms with van der Waals surface area (Å²) in [5, 5.41) is 0. The van der Waals surface area contributed by atoms with Crippen LogP contribution in [0.1, 0.15) is 425 Å². The van der Waals surface area contributed by atoms with Crippen molar-refractivity contribution in [1.82, 2.24) is 0 Å². The summed E-state index contributed by atoms with van der Waals surface area (Å²) < 4.78 is 35.3. The van der Waals surface area contributed by atoms with Crippen molar-refractivity contribution >= 4 is 10.1 Å². The molecule has 5 heteroatoms. The Kier molecular flexibility index (Phi) is 63.9. The second-order valence-electron chi connectivity index (χ2n) is 25.7. The highest BCUT2D eigenvalue weighted by atomic mass is 32.2. The largest absolute Gasteiger partial charge is 0.323 e. The Hall–Kier alpha value is -0.130. The van der Waals surface area contributed by atoms with Gasteiger partial charge in [-0.2, -0.15) is 8.42 Å². The summed E-state index contributed by atoms with van der Waals surface area (Å²) in [4.78, 5) is 0. The van der Waals surface area contributed by atoms with Crippen LogP contribution in [0.5, 0.6) is 0 Å². The zero-order valence-electron chi connectivity index (χ0n) is 53.2. The monoisotopic (exact) mass is 1090 g/mol. The van der Waals surface area contributed by atoms with Gasteiger partial charge >= 0.3 is 0 Å². The predicted octanol–water partition coefficient (Wildman–Crippen LogP) is 25.3. The van der Waals surface area contributed by atoms with Gasteiger partial charge in [-0.15, -0.1) is 0 Å². The smallest absolute Gasteiger partial charge is 0.270 e. The van der Waals surface area contributed by atoms with E-state index in [1.807, 2.05) is 0 Å². The zero-order chi connectivity index (χ0) is 55.1. The summed E-state index contributed by atoms with van der Waals surface area (Å²) in [7, 11) is -3.97. The van der Waals surface area contributed by atoms with Gasteiger partial charge in [-0.1, -0.05) is 387 Å². The van der Waals surface area contributed by atoms with Gasteiger partial charge in [0.25, 0.3) is 10.1 Å². The van der Waals surface area contributed by atoms with Crippen molar-refractivity contribution in [2.24, 2.45) is 0 Å². The Balaban J connectivity index is 4.53. The molecule has 458 valence electrons. The second-order valence-corrected chi connectivity index (χ2v) is 27.3. The molecule has 0 aromatic rings. The third-order valence-corrected chi connectivity index (χ3v) is 18.7. The molecule has 0 radical (unpaired) electrons. The standard InChI is InChI=1S/C71H145NO3S/c1-4-7-10-13-16-19-22-25-28-31-34-37-40-43-46-49-52-55-58-61-64-67-72(70-71-76(73,74)75,68-65-62-59-56-53-50-47-44-41-38-35-32-29-26-23-20-17-14-11-8-5-2)69-66-63-60-57-54-51-48-45-42-39-36-33-30-27-24-21-18-15-12-9-6-3/h4-71H2,1-3H3/p+1. The topological polar surface area (TPSA) is 54.4 Å². The molecule has 0 aliphatic rings. The minimum absolute atomic E-state index is 0.0786. The van der Waals surface area contributed by atoms with E-state index in [-0.39, 0.29) is 5.75 Å². The Morgan fingerprint density at radius 2 is 0.316 bits per heavy atom. The molecule has 0 unspecified atom stereocenters. The Morgan fingerprint density at radius 1 is 0.197 bits per heavy atom. The molecule has 0 atom stereocenters. The lowest BCUT2D eigenvalue weighted by Gasteiger charge is -2.39. The van der Waals surface area contributed by atoms with Crippen molar-refractivity contribution in [3.63, 3.8) is 0 Å². The predicted molar refractivity (Wildman–Crippen MR) is 344 cm³/mol. The Labute approximate surface area is 482 Å². The van der Waals surface area contributed by atoms with Crippen molar-refractivity contribution in [2.45, 2.75) is 425 Å². The fourth-order valence-electron chi connectivity index (χ4n) is 12.6. The minimum atomic E-state index is -3.97. The maximum atomic E-state index is 12.2. The quantitative estimate of drug-likeness (QED) is 0.0375. The molecule has 1 N–H and O–H groups in total. The first kappa shape index (κ1) is 75.9. The summed E-state index contributed by atoms with van der Waals surface area (Å²) in [5.41, 5.74) is 0. The molecule has 0 heterocycles. The van der Waals surface area contributed by atoms with Crippen LogP contribution in [-0.2, 0) is 10.1 Å². The number of hydrogen-bond donors (Lipinski definition) is 1. The van der Waals surface area contributed by atoms with Crippen LogP contribution in [0.4, 0.5) is 0 Å². The van der Waals surface area contributed by atoms with E-state index in [0.29, 0.717) is 6.54 Å². The molecular formula is C71H146NO3S+. The maximum absolute atomic E-state index is 12.2. The summed E-state index contributed by atoms with van der Waals surface area (Å²) in [5.74, 6) is -0.0786. The van der Waals surface area contributed by atoms with Crippen LogP contribution in [0.3, 0.4) is 0 Å². The van der Waals surface area contributed by atoms with Gasteiger partial charge < -0.3 is 4.48 Å². The molecule has 4 nitrogen and oxygen atoms in total. The summed E-state index contributed by atoms with van der Waals surface area (Å²) in [6.45, 7) is 10.8. The maximum Gasteiger partial charge on any atom is 0.270 e. The van der Waals surface area contributed by atoms with Crippen LogP contribution in [-0.4, -0.2) is 49.4 Å². The van der Waals surface area contributed by atoms with Crippen LogP contribution in [0.15, 0.2) is 0 Å². The minimum Gasteiger partial charge on any atom is -0.323 e. The average Bonchev–Trinajstić information content (AvgIpc) is 3.41. The molecule has 0 bridgehead atoms. The molecule has 0 aromatic carbocycles. The van der Waals surface area contributed by atoms with Crippen molar-refractivity contribution in [2.75, 3.05) is 31.9 Å². The van der Waals surface area contributed by atoms with Gasteiger partial charge in [-0.05, 0) is 38.5 Å². The Bertz CT molecular complexity index is 1050. The average molecular weight is 1090 g/mol. The number of hydrogen-bond acceptors (Lipinski definition) is 2. The van der Waals surface area contributed by atoms with Gasteiger partial charge in [-0.3, -0.25) is 4.55 Å². The molecule has 0 spiro atoms. The molecule has 0 aliphatic carbocycles. The van der Waals surface area contributed by atoms with Crippen molar-refractivity contribution < 1.29 is 17.5 Å². The third-order valence-electron chi connectivity index (χ3n) is 18.0. The van der Waals surface area contributed by atoms with E-state index in [2.05, 4.69) is 20.8 Å². The van der Waals surface area contributed by atoms with Gasteiger partial charge in [-0.25, -0.2) is 0 Å². The molecule has 0 fully saturated rings. The fraction of sp³-hybridized carbons (Fsp3) is 1.00. The van der Waals surface area contributed by atoms with Crippen molar-refractivity contribution in [1.29, 1.82) is 0 Å². The first-order valence-corrected chi connectivity index (χ1v) is 37.8. The number of nitrogens with zero attached hydrogens (tertiary/aromatic N) is 1. The lowest BCUT2D eigenvalue weighted by molar-refractivity contribution is -0.926. The van der Waals surface area contributed by atoms with Crippen LogP contribution in [0.25, 0.3) is 0 Å². The van der Waals surface area contributed by atoms with Gasteiger partial charge in [0.1, 0.15) is 5.75 Å². The molecule has 0 saturated heterocycles. The van der Waals surface area contributed by atoms with Crippen molar-refractivity contribution in [3.05, 3.63) is 0 Å². The van der Waals surface area contributed by atoms with Gasteiger partial charge in [0.2, 0.25) is 0 Å². The van der Waals surface area contributed by atoms with E-state index in [1.165, 1.54) is 405 Å². The number of unbranched alkanes of at least 4 members (excludes halogenated alkanes) is 60. The van der Waals surface area contributed by atoms with E-state index in [1.54, 1.807) is 0 Å². The van der Waals surface area contributed by atoms with E-state index in [0.717, 1.165) is 24.1 Å². The molecule has 0 saturated carbocycles. The van der Waals surface area contributed by atoms with Crippen LogP contribution in [0.2, 0.25) is 0 Å². The summed E-state index contributed by atoms with van der Waals surface area (Å²) in [6.07, 6.45) is 88.3. The van der Waals surface area contributed by atoms with Gasteiger partial charge in [0.05, 0.1) is 26.2 Å². The second kappa shape index (κ2) is 64.0. The van der Waals surface area contributed by atoms with Gasteiger partial charge in [0, 0.05) is 0 Å². The normalized spacial score (nSPS) is 12.2. The molecular weight excluding hydrogens is 947 g/mol. The van der Waals surface area contributed by atoms with E-state index >= 15 is 0 Å². The van der Waals surface area contributed by atoms with Crippen LogP contribution >= 0.6 is 0 Å². The van der Waals surface area contributed by atoms with Gasteiger partial charge in [0.15, 0.2) is 0 Å². The number of quaternary nitrogens is 1. The molecule has 76 heavy (non-hydrogen) atoms. The summed E-state index contributed by atoms with van der Waals surface area (Å²) in [6, 6.07) is 0. The lowest BCUT2D eigenvalue weighted by Crippen LogP contribution is -2.52. The number of rotatable bonds is 69. The molecule has 0 aromatic heterocycles. The third kappa shape index (κ3) is 63.1. The highest BCUT2D eigenvalue weighted by Crippen LogP contribution is 2.22. The highest BCUT2D eigenvalue weighted by Gasteiger charge is 2.28. The first-order valence-electron chi connectivity index (χ1n) is 36.2. The van der Waals surface area contributed by atoms with E-state index < -0.39 is 10.1 Å². The molecule has 0 aliphatic heterocycles. The molecule has 0 rings (SSSR count). The Morgan fingerprint density at radius 3 is 0.434 bits per heavy atom. The van der Waals surface area contributed by atoms with Crippen molar-refractivity contribution in [3.8, 4) is 0 Å². The van der Waals surface area contributed by atoms with Crippen LogP contribution < -0.4 is 0 Å². The van der Waals surface area contributed by atoms with Crippen LogP contribution in [0, 0.1) is 0 Å². The molecule has 0 amide bonds. The highest BCUT2D eigenvalue weighted by molar-refractivity contribution is 7.85. The lowest BCUT2D eigenvalue weighted by atomic mass is 10.0. The van der Waals surface area contributed by atoms with E-state index in [9.17, 15) is 13.0 Å². The first-order chi connectivity index (χ1) is 37.4. The van der Waals surface area contributed by atoms with E-state index in [4.69, 9.17) is 0 Å². The SMILES string of the molecule is CCCCCCCCCCCCCCCCCCCCCCC[N+](CCCCCCCCCCCCCCCCCCCCCCC)(CCCCCCCCCCCCCCCCCCCCCCC)CCS(=O)(=O)O.